The predicted octanol–water partition coefficient (Wildman–Crippen LogP) is 2.64. The van der Waals surface area contributed by atoms with Crippen molar-refractivity contribution in [3.8, 4) is 11.4 Å². The fourth-order valence-corrected chi connectivity index (χ4v) is 3.10. The highest BCUT2D eigenvalue weighted by molar-refractivity contribution is 6.01. The molecule has 4 nitrogen and oxygen atoms in total. The van der Waals surface area contributed by atoms with Crippen molar-refractivity contribution in [1.82, 2.24) is 9.55 Å². The topological polar surface area (TPSA) is 34.8 Å². The third kappa shape index (κ3) is 1.04. The second kappa shape index (κ2) is 3.28. The van der Waals surface area contributed by atoms with Crippen LogP contribution in [0.2, 0.25) is 0 Å². The number of hydrogen-bond donors (Lipinski definition) is 0. The van der Waals surface area contributed by atoms with Crippen molar-refractivity contribution < 1.29 is 13.1 Å². The third-order valence-corrected chi connectivity index (χ3v) is 3.97. The molecule has 1 aliphatic heterocycles. The van der Waals surface area contributed by atoms with Crippen molar-refractivity contribution in [3.63, 3.8) is 0 Å². The van der Waals surface area contributed by atoms with Crippen LogP contribution < -0.4 is 4.57 Å². The Labute approximate surface area is 119 Å². The van der Waals surface area contributed by atoms with Crippen molar-refractivity contribution >= 4 is 22.2 Å². The van der Waals surface area contributed by atoms with Gasteiger partial charge in [-0.25, -0.2) is 4.57 Å². The number of furan rings is 1. The number of hydrogen-bond acceptors (Lipinski definition) is 2. The van der Waals surface area contributed by atoms with E-state index in [1.54, 1.807) is 18.5 Å². The lowest BCUT2D eigenvalue weighted by Crippen LogP contribution is -2.31. The molecule has 0 saturated carbocycles. The summed E-state index contributed by atoms with van der Waals surface area (Å²) in [6.45, 7) is -1.69. The number of fused-ring (bicyclic) bond motifs is 7. The maximum Gasteiger partial charge on any atom is 0.339 e. The molecule has 0 N–H and O–H groups in total. The molecule has 3 aromatic heterocycles. The summed E-state index contributed by atoms with van der Waals surface area (Å²) < 4.78 is 33.3. The molecule has 5 rings (SSSR count). The first-order chi connectivity index (χ1) is 11.1. The van der Waals surface area contributed by atoms with Gasteiger partial charge >= 0.3 is 5.71 Å². The van der Waals surface area contributed by atoms with E-state index in [4.69, 9.17) is 8.53 Å². The van der Waals surface area contributed by atoms with E-state index < -0.39 is 6.98 Å². The summed E-state index contributed by atoms with van der Waals surface area (Å²) >= 11 is 0. The van der Waals surface area contributed by atoms with Crippen LogP contribution in [0.1, 0.15) is 9.68 Å². The van der Waals surface area contributed by atoms with Gasteiger partial charge in [-0.1, -0.05) is 18.2 Å². The number of pyridine rings is 1. The summed E-state index contributed by atoms with van der Waals surface area (Å²) in [5.41, 5.74) is 3.84. The highest BCUT2D eigenvalue weighted by Crippen LogP contribution is 2.34. The lowest BCUT2D eigenvalue weighted by molar-refractivity contribution is -0.652. The van der Waals surface area contributed by atoms with Crippen LogP contribution in [0.25, 0.3) is 33.6 Å². The van der Waals surface area contributed by atoms with Gasteiger partial charge in [-0.05, 0) is 6.07 Å². The van der Waals surface area contributed by atoms with Crippen LogP contribution in [0.5, 0.6) is 0 Å². The van der Waals surface area contributed by atoms with E-state index in [2.05, 4.69) is 4.98 Å². The molecule has 1 aliphatic rings. The average molecular weight is 265 g/mol. The molecule has 4 heteroatoms. The summed E-state index contributed by atoms with van der Waals surface area (Å²) in [5.74, 6) is 0.667. The minimum atomic E-state index is -2.30. The van der Waals surface area contributed by atoms with E-state index in [0.29, 0.717) is 29.2 Å². The van der Waals surface area contributed by atoms with Crippen molar-refractivity contribution in [3.05, 3.63) is 48.3 Å². The summed E-state index contributed by atoms with van der Waals surface area (Å²) in [7, 11) is 0. The van der Waals surface area contributed by atoms with Crippen LogP contribution in [0.3, 0.4) is 0 Å². The molecule has 4 aromatic rings. The maximum atomic E-state index is 8.02. The van der Waals surface area contributed by atoms with Crippen LogP contribution in [-0.2, 0) is 13.5 Å². The fourth-order valence-electron chi connectivity index (χ4n) is 3.10. The summed E-state index contributed by atoms with van der Waals surface area (Å²) in [6, 6.07) is 9.61. The van der Waals surface area contributed by atoms with Gasteiger partial charge in [-0.2, -0.15) is 4.57 Å². The highest BCUT2D eigenvalue weighted by atomic mass is 16.3. The highest BCUT2D eigenvalue weighted by Gasteiger charge is 2.35. The second-order valence-corrected chi connectivity index (χ2v) is 5.03. The van der Waals surface area contributed by atoms with Crippen molar-refractivity contribution in [2.45, 2.75) is 6.54 Å². The average Bonchev–Trinajstić information content (AvgIpc) is 3.13. The maximum absolute atomic E-state index is 8.02. The summed E-state index contributed by atoms with van der Waals surface area (Å²) in [4.78, 5) is 4.12. The first kappa shape index (κ1) is 7.85. The number of aromatic nitrogens is 3. The summed E-state index contributed by atoms with van der Waals surface area (Å²) in [6.07, 6.45) is 3.30. The van der Waals surface area contributed by atoms with Crippen molar-refractivity contribution in [2.75, 3.05) is 0 Å². The molecule has 0 atom stereocenters. The predicted molar refractivity (Wildman–Crippen MR) is 75.2 cm³/mol. The number of benzene rings is 1. The molecule has 0 spiro atoms. The van der Waals surface area contributed by atoms with Crippen molar-refractivity contribution in [2.24, 2.45) is 6.98 Å². The SMILES string of the molecule is [2H]C([2H])([2H])n1c2[n+](c3oc4ccncc4c31)Cc1ccccc1-2. The molecule has 0 radical (unpaired) electrons. The van der Waals surface area contributed by atoms with E-state index in [1.165, 1.54) is 4.57 Å². The van der Waals surface area contributed by atoms with Gasteiger partial charge in [-0.3, -0.25) is 4.98 Å². The lowest BCUT2D eigenvalue weighted by atomic mass is 10.1. The fraction of sp³-hybridized carbons (Fsp3) is 0.125. The van der Waals surface area contributed by atoms with Gasteiger partial charge < -0.3 is 4.42 Å². The Balaban J connectivity index is 2.01. The Kier molecular flexibility index (Phi) is 1.29. The zero-order valence-electron chi connectivity index (χ0n) is 13.5. The molecule has 96 valence electrons. The standard InChI is InChI=1S/C16H12N3O/c1-18-14-12-8-17-7-6-13(12)20-16(14)19-9-10-4-2-3-5-11(10)15(18)19/h2-8H,9H2,1H3/q+1/i1D3. The molecule has 0 saturated heterocycles. The van der Waals surface area contributed by atoms with Crippen LogP contribution in [-0.4, -0.2) is 9.55 Å². The van der Waals surface area contributed by atoms with Crippen molar-refractivity contribution in [1.29, 1.82) is 0 Å². The van der Waals surface area contributed by atoms with Gasteiger partial charge in [0.1, 0.15) is 12.1 Å². The molecule has 4 heterocycles. The van der Waals surface area contributed by atoms with E-state index in [-0.39, 0.29) is 0 Å². The molecule has 0 unspecified atom stereocenters. The number of aryl methyl sites for hydroxylation is 1. The molecular weight excluding hydrogens is 250 g/mol. The van der Waals surface area contributed by atoms with Gasteiger partial charge in [-0.15, -0.1) is 0 Å². The smallest absolute Gasteiger partial charge is 0.339 e. The largest absolute Gasteiger partial charge is 0.419 e. The molecule has 0 amide bonds. The van der Waals surface area contributed by atoms with E-state index >= 15 is 0 Å². The first-order valence-electron chi connectivity index (χ1n) is 7.95. The van der Waals surface area contributed by atoms with Crippen LogP contribution >= 0.6 is 0 Å². The van der Waals surface area contributed by atoms with E-state index in [0.717, 1.165) is 16.5 Å². The minimum Gasteiger partial charge on any atom is -0.419 e. The van der Waals surface area contributed by atoms with Crippen LogP contribution in [0.15, 0.2) is 47.1 Å². The monoisotopic (exact) mass is 265 g/mol. The zero-order valence-corrected chi connectivity index (χ0v) is 10.5. The minimum absolute atomic E-state index is 0.579. The Morgan fingerprint density at radius 1 is 1.35 bits per heavy atom. The van der Waals surface area contributed by atoms with Gasteiger partial charge in [0.25, 0.3) is 5.82 Å². The normalized spacial score (nSPS) is 15.9. The number of rotatable bonds is 0. The third-order valence-electron chi connectivity index (χ3n) is 3.97. The molecule has 0 fully saturated rings. The molecule has 0 bridgehead atoms. The van der Waals surface area contributed by atoms with Gasteiger partial charge in [0.2, 0.25) is 5.52 Å². The van der Waals surface area contributed by atoms with Gasteiger partial charge in [0.15, 0.2) is 0 Å². The molecule has 1 aromatic carbocycles. The Hall–Kier alpha value is -2.62. The Morgan fingerprint density at radius 2 is 2.30 bits per heavy atom. The molecular formula is C16H12N3O+. The number of imidazole rings is 1. The van der Waals surface area contributed by atoms with Gasteiger partial charge in [0, 0.05) is 24.0 Å². The van der Waals surface area contributed by atoms with Crippen LogP contribution in [0, 0.1) is 0 Å². The van der Waals surface area contributed by atoms with Crippen LogP contribution in [0.4, 0.5) is 0 Å². The quantitative estimate of drug-likeness (QED) is 0.403. The van der Waals surface area contributed by atoms with E-state index in [9.17, 15) is 0 Å². The number of nitrogens with zero attached hydrogens (tertiary/aromatic N) is 3. The Bertz CT molecular complexity index is 1090. The molecule has 0 aliphatic carbocycles. The Morgan fingerprint density at radius 3 is 3.25 bits per heavy atom. The van der Waals surface area contributed by atoms with E-state index in [1.807, 2.05) is 28.8 Å². The molecule has 20 heavy (non-hydrogen) atoms. The lowest BCUT2D eigenvalue weighted by Gasteiger charge is -1.94. The zero-order chi connectivity index (χ0) is 15.8. The van der Waals surface area contributed by atoms with Gasteiger partial charge in [0.05, 0.1) is 22.0 Å². The first-order valence-corrected chi connectivity index (χ1v) is 6.45. The summed E-state index contributed by atoms with van der Waals surface area (Å²) in [5, 5.41) is 0.720. The second-order valence-electron chi connectivity index (χ2n) is 5.03.